The molecule has 1 aromatic rings. The smallest absolute Gasteiger partial charge is 0.172 e. The lowest BCUT2D eigenvalue weighted by Gasteiger charge is -2.46. The van der Waals surface area contributed by atoms with Gasteiger partial charge in [0.15, 0.2) is 5.41 Å². The predicted molar refractivity (Wildman–Crippen MR) is 85.1 cm³/mol. The van der Waals surface area contributed by atoms with E-state index in [-0.39, 0.29) is 17.5 Å². The molecular formula is C19H16N4. The van der Waals surface area contributed by atoms with Crippen LogP contribution in [0.3, 0.4) is 0 Å². The van der Waals surface area contributed by atoms with Crippen molar-refractivity contribution in [3.8, 4) is 18.2 Å². The zero-order valence-electron chi connectivity index (χ0n) is 12.7. The van der Waals surface area contributed by atoms with Crippen LogP contribution < -0.4 is 0 Å². The largest absolute Gasteiger partial charge is 0.304 e. The maximum Gasteiger partial charge on any atom is 0.172 e. The molecule has 4 nitrogen and oxygen atoms in total. The fourth-order valence-corrected chi connectivity index (χ4v) is 4.06. The third-order valence-corrected chi connectivity index (χ3v) is 5.09. The number of hydrogen-bond donors (Lipinski definition) is 1. The van der Waals surface area contributed by atoms with Crippen LogP contribution in [0, 0.1) is 56.7 Å². The highest BCUT2D eigenvalue weighted by atomic mass is 14.6. The fraction of sp³-hybridized carbons (Fsp3) is 0.368. The second-order valence-electron chi connectivity index (χ2n) is 6.15. The van der Waals surface area contributed by atoms with Gasteiger partial charge in [0, 0.05) is 5.92 Å². The summed E-state index contributed by atoms with van der Waals surface area (Å²) in [5, 5.41) is 37.7. The molecule has 0 bridgehead atoms. The van der Waals surface area contributed by atoms with E-state index < -0.39 is 11.3 Å². The van der Waals surface area contributed by atoms with Crippen molar-refractivity contribution >= 4 is 5.71 Å². The summed E-state index contributed by atoms with van der Waals surface area (Å²) >= 11 is 0. The monoisotopic (exact) mass is 300 g/mol. The van der Waals surface area contributed by atoms with Crippen molar-refractivity contribution in [2.45, 2.75) is 25.2 Å². The van der Waals surface area contributed by atoms with Gasteiger partial charge in [0.1, 0.15) is 5.92 Å². The number of rotatable bonds is 1. The normalized spacial score (nSPS) is 28.5. The van der Waals surface area contributed by atoms with E-state index in [0.717, 1.165) is 30.4 Å². The van der Waals surface area contributed by atoms with Gasteiger partial charge in [0.2, 0.25) is 0 Å². The Kier molecular flexibility index (Phi) is 3.73. The lowest BCUT2D eigenvalue weighted by Crippen LogP contribution is -2.48. The van der Waals surface area contributed by atoms with Crippen molar-refractivity contribution in [3.05, 3.63) is 47.5 Å². The molecular weight excluding hydrogens is 284 g/mol. The molecule has 2 aliphatic carbocycles. The topological polar surface area (TPSA) is 95.2 Å². The molecule has 1 saturated carbocycles. The third kappa shape index (κ3) is 2.06. The zero-order valence-corrected chi connectivity index (χ0v) is 12.7. The summed E-state index contributed by atoms with van der Waals surface area (Å²) in [7, 11) is 0. The van der Waals surface area contributed by atoms with Crippen molar-refractivity contribution in [1.82, 2.24) is 0 Å². The Morgan fingerprint density at radius 2 is 1.78 bits per heavy atom. The van der Waals surface area contributed by atoms with E-state index in [4.69, 9.17) is 5.41 Å². The molecule has 112 valence electrons. The molecule has 1 unspecified atom stereocenters. The minimum Gasteiger partial charge on any atom is -0.304 e. The number of hydrogen-bond acceptors (Lipinski definition) is 4. The lowest BCUT2D eigenvalue weighted by atomic mass is 9.52. The minimum absolute atomic E-state index is 0.0393. The van der Waals surface area contributed by atoms with E-state index >= 15 is 0 Å². The molecule has 0 heterocycles. The van der Waals surface area contributed by atoms with E-state index in [1.807, 2.05) is 36.4 Å². The summed E-state index contributed by atoms with van der Waals surface area (Å²) in [5.74, 6) is -1.42. The standard InChI is InChI=1S/C19H16N4/c20-10-16-18(23)15-9-5-4-8-14(15)17(19(16,11-21)12-22)13-6-2-1-3-7-13/h1-3,6-7,9,14,16-17,23H,4-5,8H2/t14-,16?,17+/m1/s1. The molecule has 2 aliphatic rings. The van der Waals surface area contributed by atoms with Crippen molar-refractivity contribution in [1.29, 1.82) is 21.2 Å². The first-order chi connectivity index (χ1) is 11.2. The van der Waals surface area contributed by atoms with Crippen molar-refractivity contribution in [2.24, 2.45) is 17.3 Å². The van der Waals surface area contributed by atoms with Crippen LogP contribution in [0.25, 0.3) is 0 Å². The second kappa shape index (κ2) is 5.71. The summed E-state index contributed by atoms with van der Waals surface area (Å²) in [6, 6.07) is 15.8. The Morgan fingerprint density at radius 3 is 2.39 bits per heavy atom. The fourth-order valence-electron chi connectivity index (χ4n) is 4.06. The Bertz CT molecular complexity index is 771. The first-order valence-electron chi connectivity index (χ1n) is 7.75. The summed E-state index contributed by atoms with van der Waals surface area (Å²) in [6.07, 6.45) is 4.74. The highest BCUT2D eigenvalue weighted by molar-refractivity contribution is 6.04. The van der Waals surface area contributed by atoms with Crippen molar-refractivity contribution in [2.75, 3.05) is 0 Å². The predicted octanol–water partition coefficient (Wildman–Crippen LogP) is 3.70. The Hall–Kier alpha value is -2.90. The molecule has 3 atom stereocenters. The summed E-state index contributed by atoms with van der Waals surface area (Å²) < 4.78 is 0. The van der Waals surface area contributed by atoms with Crippen LogP contribution >= 0.6 is 0 Å². The molecule has 1 N–H and O–H groups in total. The van der Waals surface area contributed by atoms with E-state index in [9.17, 15) is 15.8 Å². The molecule has 0 aliphatic heterocycles. The number of fused-ring (bicyclic) bond motifs is 1. The van der Waals surface area contributed by atoms with Crippen molar-refractivity contribution < 1.29 is 0 Å². The van der Waals surface area contributed by atoms with E-state index in [1.54, 1.807) is 0 Å². The Balaban J connectivity index is 2.27. The van der Waals surface area contributed by atoms with Gasteiger partial charge in [0.05, 0.1) is 23.9 Å². The van der Waals surface area contributed by atoms with Crippen LogP contribution in [-0.4, -0.2) is 5.71 Å². The Morgan fingerprint density at radius 1 is 1.09 bits per heavy atom. The number of benzene rings is 1. The molecule has 0 aromatic heterocycles. The molecule has 3 rings (SSSR count). The first kappa shape index (κ1) is 15.0. The molecule has 1 fully saturated rings. The molecule has 0 spiro atoms. The molecule has 0 amide bonds. The number of nitriles is 3. The summed E-state index contributed by atoms with van der Waals surface area (Å²) in [4.78, 5) is 0. The van der Waals surface area contributed by atoms with Gasteiger partial charge in [0.25, 0.3) is 0 Å². The van der Waals surface area contributed by atoms with Gasteiger partial charge in [-0.1, -0.05) is 36.4 Å². The van der Waals surface area contributed by atoms with Crippen LogP contribution in [0.1, 0.15) is 30.7 Å². The van der Waals surface area contributed by atoms with Crippen LogP contribution in [-0.2, 0) is 0 Å². The average Bonchev–Trinajstić information content (AvgIpc) is 2.62. The van der Waals surface area contributed by atoms with E-state index in [2.05, 4.69) is 18.2 Å². The van der Waals surface area contributed by atoms with Gasteiger partial charge in [-0.15, -0.1) is 0 Å². The van der Waals surface area contributed by atoms with Crippen LogP contribution in [0.15, 0.2) is 42.0 Å². The lowest BCUT2D eigenvalue weighted by molar-refractivity contribution is 0.261. The third-order valence-electron chi connectivity index (χ3n) is 5.09. The average molecular weight is 300 g/mol. The van der Waals surface area contributed by atoms with Gasteiger partial charge in [-0.05, 0) is 36.3 Å². The van der Waals surface area contributed by atoms with Gasteiger partial charge >= 0.3 is 0 Å². The maximum absolute atomic E-state index is 9.84. The van der Waals surface area contributed by atoms with Crippen LogP contribution in [0.5, 0.6) is 0 Å². The molecule has 23 heavy (non-hydrogen) atoms. The summed E-state index contributed by atoms with van der Waals surface area (Å²) in [6.45, 7) is 0. The first-order valence-corrected chi connectivity index (χ1v) is 7.75. The maximum atomic E-state index is 9.84. The molecule has 4 heteroatoms. The van der Waals surface area contributed by atoms with Crippen LogP contribution in [0.2, 0.25) is 0 Å². The molecule has 1 aromatic carbocycles. The van der Waals surface area contributed by atoms with Gasteiger partial charge in [-0.3, -0.25) is 0 Å². The molecule has 0 radical (unpaired) electrons. The van der Waals surface area contributed by atoms with Gasteiger partial charge < -0.3 is 5.41 Å². The highest BCUT2D eigenvalue weighted by Gasteiger charge is 2.58. The highest BCUT2D eigenvalue weighted by Crippen LogP contribution is 2.55. The number of nitrogens with one attached hydrogen (secondary N) is 1. The van der Waals surface area contributed by atoms with E-state index in [0.29, 0.717) is 0 Å². The zero-order chi connectivity index (χ0) is 16.4. The number of nitrogens with zero attached hydrogens (tertiary/aromatic N) is 3. The van der Waals surface area contributed by atoms with Crippen LogP contribution in [0.4, 0.5) is 0 Å². The van der Waals surface area contributed by atoms with Crippen molar-refractivity contribution in [3.63, 3.8) is 0 Å². The number of allylic oxidation sites excluding steroid dienone is 2. The minimum atomic E-state index is -1.51. The summed E-state index contributed by atoms with van der Waals surface area (Å²) in [5.41, 5.74) is 0.415. The Labute approximate surface area is 135 Å². The van der Waals surface area contributed by atoms with Gasteiger partial charge in [-0.25, -0.2) is 0 Å². The van der Waals surface area contributed by atoms with E-state index in [1.165, 1.54) is 0 Å². The molecule has 0 saturated heterocycles. The SMILES string of the molecule is N#CC1C(=N)C2=CCCC[C@H]2[C@H](c2ccccc2)C1(C#N)C#N. The van der Waals surface area contributed by atoms with Gasteiger partial charge in [-0.2, -0.15) is 15.8 Å². The quantitative estimate of drug-likeness (QED) is 0.856. The second-order valence-corrected chi connectivity index (χ2v) is 6.15.